The van der Waals surface area contributed by atoms with E-state index in [1.54, 1.807) is 9.80 Å². The van der Waals surface area contributed by atoms with Gasteiger partial charge in [-0.25, -0.2) is 4.79 Å². The van der Waals surface area contributed by atoms with Crippen LogP contribution in [0, 0.1) is 5.92 Å². The minimum absolute atomic E-state index is 0.0367. The van der Waals surface area contributed by atoms with Crippen molar-refractivity contribution < 1.29 is 9.59 Å². The normalized spacial score (nSPS) is 28.4. The molecular weight excluding hydrogens is 230 g/mol. The number of amides is 3. The first kappa shape index (κ1) is 13.2. The van der Waals surface area contributed by atoms with E-state index in [4.69, 9.17) is 0 Å². The summed E-state index contributed by atoms with van der Waals surface area (Å²) >= 11 is 0. The third-order valence-corrected chi connectivity index (χ3v) is 3.93. The zero-order valence-corrected chi connectivity index (χ0v) is 11.7. The number of rotatable bonds is 3. The Hall–Kier alpha value is -1.26. The molecule has 5 heteroatoms. The molecule has 2 fully saturated rings. The van der Waals surface area contributed by atoms with Crippen LogP contribution in [-0.4, -0.2) is 65.4 Å². The van der Waals surface area contributed by atoms with Gasteiger partial charge in [-0.15, -0.1) is 0 Å². The van der Waals surface area contributed by atoms with Crippen molar-refractivity contribution in [2.75, 3.05) is 26.7 Å². The van der Waals surface area contributed by atoms with E-state index in [1.807, 2.05) is 18.9 Å². The molecule has 0 aromatic carbocycles. The molecule has 102 valence electrons. The molecular formula is C13H23N3O2. The van der Waals surface area contributed by atoms with Crippen LogP contribution in [0.4, 0.5) is 4.79 Å². The van der Waals surface area contributed by atoms with Gasteiger partial charge < -0.3 is 14.7 Å². The maximum absolute atomic E-state index is 12.3. The SMILES string of the molecule is CC(C)CCN1C[C@H]2CN(C)C(=O)[C@H](C)N2C1=O. The first-order valence-electron chi connectivity index (χ1n) is 6.74. The van der Waals surface area contributed by atoms with Gasteiger partial charge in [-0.1, -0.05) is 13.8 Å². The fourth-order valence-electron chi connectivity index (χ4n) is 2.81. The summed E-state index contributed by atoms with van der Waals surface area (Å²) in [5.41, 5.74) is 0. The minimum atomic E-state index is -0.315. The van der Waals surface area contributed by atoms with Crippen LogP contribution in [0.15, 0.2) is 0 Å². The molecule has 2 saturated heterocycles. The molecule has 0 bridgehead atoms. The van der Waals surface area contributed by atoms with Gasteiger partial charge in [0.15, 0.2) is 0 Å². The molecule has 0 spiro atoms. The van der Waals surface area contributed by atoms with E-state index in [0.29, 0.717) is 12.5 Å². The second kappa shape index (κ2) is 4.78. The zero-order valence-electron chi connectivity index (χ0n) is 11.7. The van der Waals surface area contributed by atoms with Gasteiger partial charge in [0.25, 0.3) is 0 Å². The first-order valence-corrected chi connectivity index (χ1v) is 6.74. The van der Waals surface area contributed by atoms with E-state index in [2.05, 4.69) is 13.8 Å². The van der Waals surface area contributed by atoms with Crippen molar-refractivity contribution in [1.82, 2.24) is 14.7 Å². The number of hydrogen-bond acceptors (Lipinski definition) is 2. The summed E-state index contributed by atoms with van der Waals surface area (Å²) in [4.78, 5) is 29.6. The number of carbonyl (C=O) groups is 2. The Morgan fingerprint density at radius 3 is 2.56 bits per heavy atom. The Bertz CT molecular complexity index is 356. The van der Waals surface area contributed by atoms with Crippen molar-refractivity contribution in [3.8, 4) is 0 Å². The van der Waals surface area contributed by atoms with Gasteiger partial charge in [0.05, 0.1) is 6.04 Å². The van der Waals surface area contributed by atoms with Crippen LogP contribution >= 0.6 is 0 Å². The van der Waals surface area contributed by atoms with Crippen LogP contribution in [0.1, 0.15) is 27.2 Å². The molecule has 0 saturated carbocycles. The Kier molecular flexibility index (Phi) is 3.50. The summed E-state index contributed by atoms with van der Waals surface area (Å²) in [6, 6.07) is -0.109. The van der Waals surface area contributed by atoms with E-state index in [-0.39, 0.29) is 24.0 Å². The second-order valence-corrected chi connectivity index (χ2v) is 5.87. The lowest BCUT2D eigenvalue weighted by Gasteiger charge is -2.38. The van der Waals surface area contributed by atoms with E-state index in [9.17, 15) is 9.59 Å². The highest BCUT2D eigenvalue weighted by Crippen LogP contribution is 2.25. The Balaban J connectivity index is 2.06. The number of hydrogen-bond donors (Lipinski definition) is 0. The third kappa shape index (κ3) is 2.18. The molecule has 2 aliphatic rings. The molecule has 0 aliphatic carbocycles. The highest BCUT2D eigenvalue weighted by molar-refractivity contribution is 5.89. The highest BCUT2D eigenvalue weighted by Gasteiger charge is 2.46. The van der Waals surface area contributed by atoms with Crippen molar-refractivity contribution >= 4 is 11.9 Å². The maximum Gasteiger partial charge on any atom is 0.321 e. The molecule has 2 heterocycles. The summed E-state index contributed by atoms with van der Waals surface area (Å²) in [7, 11) is 1.82. The van der Waals surface area contributed by atoms with E-state index >= 15 is 0 Å². The lowest BCUT2D eigenvalue weighted by Crippen LogP contribution is -2.58. The third-order valence-electron chi connectivity index (χ3n) is 3.93. The number of carbonyl (C=O) groups excluding carboxylic acids is 2. The summed E-state index contributed by atoms with van der Waals surface area (Å²) in [6.45, 7) is 8.37. The van der Waals surface area contributed by atoms with Crippen molar-refractivity contribution in [1.29, 1.82) is 0 Å². The van der Waals surface area contributed by atoms with Crippen LogP contribution in [0.3, 0.4) is 0 Å². The quantitative estimate of drug-likeness (QED) is 0.753. The number of urea groups is 1. The maximum atomic E-state index is 12.3. The summed E-state index contributed by atoms with van der Waals surface area (Å²) in [5, 5.41) is 0. The van der Waals surface area contributed by atoms with Crippen molar-refractivity contribution in [3.63, 3.8) is 0 Å². The van der Waals surface area contributed by atoms with Crippen LogP contribution in [0.2, 0.25) is 0 Å². The Morgan fingerprint density at radius 1 is 1.28 bits per heavy atom. The molecule has 0 N–H and O–H groups in total. The smallest absolute Gasteiger partial charge is 0.321 e. The van der Waals surface area contributed by atoms with Gasteiger partial charge in [-0.3, -0.25) is 4.79 Å². The average molecular weight is 253 g/mol. The zero-order chi connectivity index (χ0) is 13.4. The number of fused-ring (bicyclic) bond motifs is 1. The predicted octanol–water partition coefficient (Wildman–Crippen LogP) is 0.999. The molecule has 18 heavy (non-hydrogen) atoms. The molecule has 5 nitrogen and oxygen atoms in total. The summed E-state index contributed by atoms with van der Waals surface area (Å²) in [6.07, 6.45) is 1.02. The second-order valence-electron chi connectivity index (χ2n) is 5.87. The number of likely N-dealkylation sites (N-methyl/N-ethyl adjacent to an activating group) is 1. The lowest BCUT2D eigenvalue weighted by molar-refractivity contribution is -0.139. The van der Waals surface area contributed by atoms with Crippen molar-refractivity contribution in [3.05, 3.63) is 0 Å². The molecule has 2 aliphatic heterocycles. The molecule has 0 unspecified atom stereocenters. The van der Waals surface area contributed by atoms with Gasteiger partial charge in [-0.2, -0.15) is 0 Å². The average Bonchev–Trinajstić information content (AvgIpc) is 2.60. The Labute approximate surface area is 109 Å². The molecule has 2 atom stereocenters. The van der Waals surface area contributed by atoms with Gasteiger partial charge >= 0.3 is 6.03 Å². The molecule has 0 radical (unpaired) electrons. The van der Waals surface area contributed by atoms with Crippen LogP contribution < -0.4 is 0 Å². The molecule has 3 amide bonds. The van der Waals surface area contributed by atoms with Crippen LogP contribution in [0.25, 0.3) is 0 Å². The van der Waals surface area contributed by atoms with Gasteiger partial charge in [0, 0.05) is 26.7 Å². The fraction of sp³-hybridized carbons (Fsp3) is 0.846. The standard InChI is InChI=1S/C13H23N3O2/c1-9(2)5-6-15-8-11-7-14(4)12(17)10(3)16(11)13(15)18/h9-11H,5-8H2,1-4H3/t10-,11+/m0/s1. The van der Waals surface area contributed by atoms with E-state index in [1.165, 1.54) is 0 Å². The summed E-state index contributed by atoms with van der Waals surface area (Å²) in [5.74, 6) is 0.641. The van der Waals surface area contributed by atoms with Crippen LogP contribution in [0.5, 0.6) is 0 Å². The number of piperazine rings is 1. The fourth-order valence-corrected chi connectivity index (χ4v) is 2.81. The van der Waals surface area contributed by atoms with Crippen molar-refractivity contribution in [2.45, 2.75) is 39.3 Å². The lowest BCUT2D eigenvalue weighted by atomic mass is 10.1. The van der Waals surface area contributed by atoms with E-state index < -0.39 is 0 Å². The monoisotopic (exact) mass is 253 g/mol. The first-order chi connectivity index (χ1) is 8.41. The molecule has 0 aromatic rings. The van der Waals surface area contributed by atoms with Crippen LogP contribution in [-0.2, 0) is 4.79 Å². The van der Waals surface area contributed by atoms with Gasteiger partial charge in [0.2, 0.25) is 5.91 Å². The summed E-state index contributed by atoms with van der Waals surface area (Å²) < 4.78 is 0. The minimum Gasteiger partial charge on any atom is -0.342 e. The van der Waals surface area contributed by atoms with Gasteiger partial charge in [-0.05, 0) is 19.3 Å². The van der Waals surface area contributed by atoms with Crippen molar-refractivity contribution in [2.24, 2.45) is 5.92 Å². The number of nitrogens with zero attached hydrogens (tertiary/aromatic N) is 3. The Morgan fingerprint density at radius 2 is 1.94 bits per heavy atom. The van der Waals surface area contributed by atoms with Gasteiger partial charge in [0.1, 0.15) is 6.04 Å². The largest absolute Gasteiger partial charge is 0.342 e. The molecule has 2 rings (SSSR count). The molecule has 0 aromatic heterocycles. The predicted molar refractivity (Wildman–Crippen MR) is 69.2 cm³/mol. The highest BCUT2D eigenvalue weighted by atomic mass is 16.2. The van der Waals surface area contributed by atoms with E-state index in [0.717, 1.165) is 19.5 Å². The topological polar surface area (TPSA) is 43.9 Å².